The van der Waals surface area contributed by atoms with Crippen molar-refractivity contribution in [2.24, 2.45) is 0 Å². The summed E-state index contributed by atoms with van der Waals surface area (Å²) in [7, 11) is 0. The average Bonchev–Trinajstić information content (AvgIpc) is 3.07. The number of imidazole rings is 1. The fourth-order valence-electron chi connectivity index (χ4n) is 2.54. The highest BCUT2D eigenvalue weighted by atomic mass is 16.1. The Kier molecular flexibility index (Phi) is 4.24. The standard InChI is InChI=1S/C19H19N3O/c1-14-3-8-18(15(2)11-14)19(23)21-12-16-4-6-17(7-5-16)22-10-9-20-13-22/h3-11,13H,12H2,1-2H3,(H,21,23). The molecule has 0 radical (unpaired) electrons. The van der Waals surface area contributed by atoms with E-state index in [1.165, 1.54) is 0 Å². The SMILES string of the molecule is Cc1ccc(C(=O)NCc2ccc(-n3ccnc3)cc2)c(C)c1. The van der Waals surface area contributed by atoms with Crippen molar-refractivity contribution in [3.63, 3.8) is 0 Å². The summed E-state index contributed by atoms with van der Waals surface area (Å²) in [6.45, 7) is 4.49. The normalized spacial score (nSPS) is 10.5. The molecule has 4 heteroatoms. The lowest BCUT2D eigenvalue weighted by molar-refractivity contribution is 0.0950. The molecular weight excluding hydrogens is 286 g/mol. The van der Waals surface area contributed by atoms with Crippen molar-refractivity contribution in [2.75, 3.05) is 0 Å². The molecule has 0 unspecified atom stereocenters. The monoisotopic (exact) mass is 305 g/mol. The van der Waals surface area contributed by atoms with E-state index < -0.39 is 0 Å². The van der Waals surface area contributed by atoms with Crippen LogP contribution < -0.4 is 5.32 Å². The Morgan fingerprint density at radius 3 is 2.57 bits per heavy atom. The molecule has 1 heterocycles. The van der Waals surface area contributed by atoms with Crippen LogP contribution in [0.5, 0.6) is 0 Å². The van der Waals surface area contributed by atoms with Crippen LogP contribution in [0.1, 0.15) is 27.0 Å². The zero-order chi connectivity index (χ0) is 16.2. The number of nitrogens with zero attached hydrogens (tertiary/aromatic N) is 2. The number of carbonyl (C=O) groups excluding carboxylic acids is 1. The third-order valence-electron chi connectivity index (χ3n) is 3.82. The fraction of sp³-hybridized carbons (Fsp3) is 0.158. The van der Waals surface area contributed by atoms with Gasteiger partial charge in [-0.2, -0.15) is 0 Å². The van der Waals surface area contributed by atoms with E-state index in [-0.39, 0.29) is 5.91 Å². The summed E-state index contributed by atoms with van der Waals surface area (Å²) in [5, 5.41) is 2.97. The molecule has 0 saturated heterocycles. The van der Waals surface area contributed by atoms with Gasteiger partial charge in [0.25, 0.3) is 5.91 Å². The number of hydrogen-bond acceptors (Lipinski definition) is 2. The maximum atomic E-state index is 12.3. The van der Waals surface area contributed by atoms with Crippen molar-refractivity contribution in [3.05, 3.63) is 83.4 Å². The Morgan fingerprint density at radius 1 is 1.13 bits per heavy atom. The van der Waals surface area contributed by atoms with Crippen LogP contribution >= 0.6 is 0 Å². The van der Waals surface area contributed by atoms with Gasteiger partial charge >= 0.3 is 0 Å². The van der Waals surface area contributed by atoms with E-state index >= 15 is 0 Å². The van der Waals surface area contributed by atoms with Gasteiger partial charge in [-0.1, -0.05) is 29.8 Å². The molecule has 0 saturated carbocycles. The van der Waals surface area contributed by atoms with Gasteiger partial charge in [0.2, 0.25) is 0 Å². The summed E-state index contributed by atoms with van der Waals surface area (Å²) in [4.78, 5) is 16.3. The predicted molar refractivity (Wildman–Crippen MR) is 90.7 cm³/mol. The first-order chi connectivity index (χ1) is 11.1. The first kappa shape index (κ1) is 15.0. The molecule has 0 atom stereocenters. The number of benzene rings is 2. The van der Waals surface area contributed by atoms with Crippen LogP contribution in [0.2, 0.25) is 0 Å². The van der Waals surface area contributed by atoms with Crippen LogP contribution in [-0.4, -0.2) is 15.5 Å². The number of amides is 1. The molecule has 0 spiro atoms. The minimum Gasteiger partial charge on any atom is -0.348 e. The summed E-state index contributed by atoms with van der Waals surface area (Å²) >= 11 is 0. The van der Waals surface area contributed by atoms with E-state index in [2.05, 4.69) is 10.3 Å². The highest BCUT2D eigenvalue weighted by molar-refractivity contribution is 5.95. The van der Waals surface area contributed by atoms with Crippen molar-refractivity contribution in [1.29, 1.82) is 0 Å². The Balaban J connectivity index is 1.65. The molecule has 1 N–H and O–H groups in total. The maximum absolute atomic E-state index is 12.3. The lowest BCUT2D eigenvalue weighted by Crippen LogP contribution is -2.23. The topological polar surface area (TPSA) is 46.9 Å². The molecule has 1 aromatic heterocycles. The molecule has 0 aliphatic rings. The largest absolute Gasteiger partial charge is 0.348 e. The molecular formula is C19H19N3O. The Bertz CT molecular complexity index is 805. The molecule has 0 aliphatic heterocycles. The van der Waals surface area contributed by atoms with E-state index in [0.717, 1.165) is 27.9 Å². The van der Waals surface area contributed by atoms with Gasteiger partial charge in [-0.25, -0.2) is 4.98 Å². The highest BCUT2D eigenvalue weighted by Gasteiger charge is 2.08. The van der Waals surface area contributed by atoms with Crippen molar-refractivity contribution >= 4 is 5.91 Å². The van der Waals surface area contributed by atoms with Gasteiger partial charge in [0.1, 0.15) is 0 Å². The first-order valence-corrected chi connectivity index (χ1v) is 7.56. The van der Waals surface area contributed by atoms with E-state index in [1.807, 2.05) is 67.1 Å². The summed E-state index contributed by atoms with van der Waals surface area (Å²) in [5.74, 6) is -0.0406. The molecule has 0 bridgehead atoms. The zero-order valence-corrected chi connectivity index (χ0v) is 13.3. The summed E-state index contributed by atoms with van der Waals surface area (Å²) < 4.78 is 1.94. The van der Waals surface area contributed by atoms with Crippen LogP contribution in [0.15, 0.2) is 61.2 Å². The van der Waals surface area contributed by atoms with Crippen LogP contribution in [0.3, 0.4) is 0 Å². The lowest BCUT2D eigenvalue weighted by Gasteiger charge is -2.09. The zero-order valence-electron chi connectivity index (χ0n) is 13.3. The second kappa shape index (κ2) is 6.48. The van der Waals surface area contributed by atoms with Crippen molar-refractivity contribution in [3.8, 4) is 5.69 Å². The second-order valence-electron chi connectivity index (χ2n) is 5.64. The Morgan fingerprint density at radius 2 is 1.91 bits per heavy atom. The Hall–Kier alpha value is -2.88. The predicted octanol–water partition coefficient (Wildman–Crippen LogP) is 3.42. The molecule has 23 heavy (non-hydrogen) atoms. The molecule has 0 fully saturated rings. The molecule has 3 rings (SSSR count). The molecule has 116 valence electrons. The summed E-state index contributed by atoms with van der Waals surface area (Å²) in [6.07, 6.45) is 5.41. The van der Waals surface area contributed by atoms with Gasteiger partial charge < -0.3 is 9.88 Å². The minimum atomic E-state index is -0.0406. The van der Waals surface area contributed by atoms with E-state index in [4.69, 9.17) is 0 Å². The fourth-order valence-corrected chi connectivity index (χ4v) is 2.54. The van der Waals surface area contributed by atoms with E-state index in [0.29, 0.717) is 6.54 Å². The molecule has 4 nitrogen and oxygen atoms in total. The molecule has 2 aromatic carbocycles. The average molecular weight is 305 g/mol. The third-order valence-corrected chi connectivity index (χ3v) is 3.82. The maximum Gasteiger partial charge on any atom is 0.251 e. The summed E-state index contributed by atoms with van der Waals surface area (Å²) in [6, 6.07) is 13.9. The van der Waals surface area contributed by atoms with Gasteiger partial charge in [-0.05, 0) is 43.2 Å². The number of rotatable bonds is 4. The molecule has 0 aliphatic carbocycles. The van der Waals surface area contributed by atoms with Gasteiger partial charge in [0.15, 0.2) is 0 Å². The van der Waals surface area contributed by atoms with Crippen LogP contribution in [0.4, 0.5) is 0 Å². The summed E-state index contributed by atoms with van der Waals surface area (Å²) in [5.41, 5.74) is 5.00. The van der Waals surface area contributed by atoms with E-state index in [1.54, 1.807) is 12.5 Å². The highest BCUT2D eigenvalue weighted by Crippen LogP contribution is 2.12. The first-order valence-electron chi connectivity index (χ1n) is 7.56. The number of nitrogens with one attached hydrogen (secondary N) is 1. The quantitative estimate of drug-likeness (QED) is 0.803. The molecule has 3 aromatic rings. The molecule has 1 amide bonds. The van der Waals surface area contributed by atoms with Gasteiger partial charge in [0.05, 0.1) is 6.33 Å². The van der Waals surface area contributed by atoms with Crippen molar-refractivity contribution in [2.45, 2.75) is 20.4 Å². The van der Waals surface area contributed by atoms with Crippen molar-refractivity contribution in [1.82, 2.24) is 14.9 Å². The van der Waals surface area contributed by atoms with Gasteiger partial charge in [0, 0.05) is 30.2 Å². The minimum absolute atomic E-state index is 0.0406. The number of hydrogen-bond donors (Lipinski definition) is 1. The van der Waals surface area contributed by atoms with Crippen molar-refractivity contribution < 1.29 is 4.79 Å². The van der Waals surface area contributed by atoms with Crippen LogP contribution in [-0.2, 0) is 6.54 Å². The van der Waals surface area contributed by atoms with Crippen LogP contribution in [0, 0.1) is 13.8 Å². The third kappa shape index (κ3) is 3.48. The van der Waals surface area contributed by atoms with Gasteiger partial charge in [-0.3, -0.25) is 4.79 Å². The number of carbonyl (C=O) groups is 1. The Labute approximate surface area is 135 Å². The van der Waals surface area contributed by atoms with E-state index in [9.17, 15) is 4.79 Å². The van der Waals surface area contributed by atoms with Gasteiger partial charge in [-0.15, -0.1) is 0 Å². The lowest BCUT2D eigenvalue weighted by atomic mass is 10.1. The number of aryl methyl sites for hydroxylation is 2. The number of aromatic nitrogens is 2. The second-order valence-corrected chi connectivity index (χ2v) is 5.64. The smallest absolute Gasteiger partial charge is 0.251 e. The van der Waals surface area contributed by atoms with Crippen LogP contribution in [0.25, 0.3) is 5.69 Å².